The molecule has 1 N–H and O–H groups in total. The first-order chi connectivity index (χ1) is 11.9. The molecule has 0 aromatic heterocycles. The second-order valence-electron chi connectivity index (χ2n) is 6.05. The standard InChI is InChI=1S/C21H25NO3/c1-6-7-17-10-11-19(20(13-17)24-5)25-16(4)21(23)22-18-12-14(2)8-9-15(18)3/h6,8-13,16H,1,7H2,2-5H3,(H,22,23). The Hall–Kier alpha value is -2.75. The van der Waals surface area contributed by atoms with E-state index in [0.29, 0.717) is 11.5 Å². The van der Waals surface area contributed by atoms with Gasteiger partial charge >= 0.3 is 0 Å². The fourth-order valence-electron chi connectivity index (χ4n) is 2.45. The molecule has 4 nitrogen and oxygen atoms in total. The summed E-state index contributed by atoms with van der Waals surface area (Å²) >= 11 is 0. The molecule has 1 atom stereocenters. The molecule has 132 valence electrons. The Labute approximate surface area is 149 Å². The molecule has 0 spiro atoms. The van der Waals surface area contributed by atoms with Crippen molar-refractivity contribution in [1.29, 1.82) is 0 Å². The quantitative estimate of drug-likeness (QED) is 0.758. The molecule has 0 radical (unpaired) electrons. The second-order valence-corrected chi connectivity index (χ2v) is 6.05. The average molecular weight is 339 g/mol. The van der Waals surface area contributed by atoms with Crippen LogP contribution in [-0.4, -0.2) is 19.1 Å². The van der Waals surface area contributed by atoms with Crippen LogP contribution in [0.4, 0.5) is 5.69 Å². The molecule has 0 aliphatic rings. The van der Waals surface area contributed by atoms with Gasteiger partial charge in [-0.2, -0.15) is 0 Å². The van der Waals surface area contributed by atoms with Gasteiger partial charge in [0.25, 0.3) is 5.91 Å². The van der Waals surface area contributed by atoms with E-state index in [1.165, 1.54) is 0 Å². The van der Waals surface area contributed by atoms with Gasteiger partial charge in [-0.15, -0.1) is 6.58 Å². The van der Waals surface area contributed by atoms with Crippen molar-refractivity contribution in [1.82, 2.24) is 0 Å². The van der Waals surface area contributed by atoms with Crippen molar-refractivity contribution in [3.8, 4) is 11.5 Å². The zero-order valence-corrected chi connectivity index (χ0v) is 15.3. The highest BCUT2D eigenvalue weighted by Gasteiger charge is 2.18. The van der Waals surface area contributed by atoms with E-state index >= 15 is 0 Å². The number of benzene rings is 2. The zero-order chi connectivity index (χ0) is 18.4. The maximum absolute atomic E-state index is 12.5. The number of methoxy groups -OCH3 is 1. The first kappa shape index (κ1) is 18.6. The van der Waals surface area contributed by atoms with Crippen molar-refractivity contribution in [2.24, 2.45) is 0 Å². The van der Waals surface area contributed by atoms with E-state index in [1.807, 2.05) is 56.3 Å². The van der Waals surface area contributed by atoms with Crippen LogP contribution in [0.5, 0.6) is 11.5 Å². The molecule has 1 amide bonds. The lowest BCUT2D eigenvalue weighted by Gasteiger charge is -2.18. The Morgan fingerprint density at radius 1 is 1.20 bits per heavy atom. The summed E-state index contributed by atoms with van der Waals surface area (Å²) in [5, 5.41) is 2.92. The maximum atomic E-state index is 12.5. The molecule has 0 aliphatic carbocycles. The Morgan fingerprint density at radius 2 is 1.96 bits per heavy atom. The predicted molar refractivity (Wildman–Crippen MR) is 102 cm³/mol. The fourth-order valence-corrected chi connectivity index (χ4v) is 2.45. The number of ether oxygens (including phenoxy) is 2. The van der Waals surface area contributed by atoms with Crippen molar-refractivity contribution in [3.05, 3.63) is 65.7 Å². The monoisotopic (exact) mass is 339 g/mol. The summed E-state index contributed by atoms with van der Waals surface area (Å²) in [5.74, 6) is 0.940. The summed E-state index contributed by atoms with van der Waals surface area (Å²) in [5.41, 5.74) is 3.98. The number of nitrogens with one attached hydrogen (secondary N) is 1. The van der Waals surface area contributed by atoms with E-state index in [-0.39, 0.29) is 5.91 Å². The molecule has 2 aromatic carbocycles. The van der Waals surface area contributed by atoms with E-state index in [2.05, 4.69) is 11.9 Å². The van der Waals surface area contributed by atoms with Crippen molar-refractivity contribution in [2.45, 2.75) is 33.3 Å². The molecule has 2 aromatic rings. The Morgan fingerprint density at radius 3 is 2.64 bits per heavy atom. The molecular formula is C21H25NO3. The summed E-state index contributed by atoms with van der Waals surface area (Å²) < 4.78 is 11.2. The summed E-state index contributed by atoms with van der Waals surface area (Å²) in [6.45, 7) is 9.40. The third-order valence-electron chi connectivity index (χ3n) is 3.93. The van der Waals surface area contributed by atoms with Crippen molar-refractivity contribution >= 4 is 11.6 Å². The molecule has 0 aliphatic heterocycles. The van der Waals surface area contributed by atoms with Gasteiger partial charge in [0.15, 0.2) is 17.6 Å². The largest absolute Gasteiger partial charge is 0.493 e. The van der Waals surface area contributed by atoms with Crippen LogP contribution in [0.1, 0.15) is 23.6 Å². The van der Waals surface area contributed by atoms with Crippen LogP contribution in [0.15, 0.2) is 49.1 Å². The van der Waals surface area contributed by atoms with E-state index in [1.54, 1.807) is 14.0 Å². The number of anilines is 1. The number of hydrogen-bond acceptors (Lipinski definition) is 3. The SMILES string of the molecule is C=CCc1ccc(OC(C)C(=O)Nc2cc(C)ccc2C)c(OC)c1. The molecule has 0 heterocycles. The minimum absolute atomic E-state index is 0.203. The van der Waals surface area contributed by atoms with Crippen molar-refractivity contribution < 1.29 is 14.3 Å². The Balaban J connectivity index is 2.10. The molecule has 0 fully saturated rings. The molecule has 25 heavy (non-hydrogen) atoms. The summed E-state index contributed by atoms with van der Waals surface area (Å²) in [4.78, 5) is 12.5. The minimum atomic E-state index is -0.654. The highest BCUT2D eigenvalue weighted by atomic mass is 16.5. The number of allylic oxidation sites excluding steroid dienone is 1. The normalized spacial score (nSPS) is 11.5. The first-order valence-electron chi connectivity index (χ1n) is 8.27. The van der Waals surface area contributed by atoms with Crippen LogP contribution in [0.25, 0.3) is 0 Å². The molecular weight excluding hydrogens is 314 g/mol. The van der Waals surface area contributed by atoms with Gasteiger partial charge in [0.1, 0.15) is 0 Å². The fraction of sp³-hybridized carbons (Fsp3) is 0.286. The van der Waals surface area contributed by atoms with Crippen LogP contribution >= 0.6 is 0 Å². The zero-order valence-electron chi connectivity index (χ0n) is 15.3. The van der Waals surface area contributed by atoms with Crippen LogP contribution in [-0.2, 0) is 11.2 Å². The molecule has 4 heteroatoms. The highest BCUT2D eigenvalue weighted by molar-refractivity contribution is 5.94. The summed E-state index contributed by atoms with van der Waals surface area (Å²) in [6, 6.07) is 11.6. The predicted octanol–water partition coefficient (Wildman–Crippen LogP) is 4.45. The van der Waals surface area contributed by atoms with E-state index in [9.17, 15) is 4.79 Å². The molecule has 1 unspecified atom stereocenters. The van der Waals surface area contributed by atoms with Gasteiger partial charge in [0, 0.05) is 5.69 Å². The highest BCUT2D eigenvalue weighted by Crippen LogP contribution is 2.29. The van der Waals surface area contributed by atoms with Crippen LogP contribution in [0.3, 0.4) is 0 Å². The van der Waals surface area contributed by atoms with Gasteiger partial charge in [-0.05, 0) is 62.1 Å². The number of hydrogen-bond donors (Lipinski definition) is 1. The van der Waals surface area contributed by atoms with E-state index in [4.69, 9.17) is 9.47 Å². The molecule has 0 saturated carbocycles. The Kier molecular flexibility index (Phi) is 6.23. The molecule has 0 bridgehead atoms. The number of rotatable bonds is 7. The molecule has 0 saturated heterocycles. The number of carbonyl (C=O) groups is 1. The van der Waals surface area contributed by atoms with Crippen molar-refractivity contribution in [2.75, 3.05) is 12.4 Å². The van der Waals surface area contributed by atoms with Gasteiger partial charge in [0.2, 0.25) is 0 Å². The lowest BCUT2D eigenvalue weighted by atomic mass is 10.1. The summed E-state index contributed by atoms with van der Waals surface area (Å²) in [7, 11) is 1.58. The van der Waals surface area contributed by atoms with Gasteiger partial charge in [-0.1, -0.05) is 24.3 Å². The number of amides is 1. The molecule has 2 rings (SSSR count). The van der Waals surface area contributed by atoms with Crippen LogP contribution < -0.4 is 14.8 Å². The topological polar surface area (TPSA) is 47.6 Å². The van der Waals surface area contributed by atoms with Crippen LogP contribution in [0.2, 0.25) is 0 Å². The van der Waals surface area contributed by atoms with Gasteiger partial charge in [-0.25, -0.2) is 0 Å². The Bertz CT molecular complexity index is 768. The van der Waals surface area contributed by atoms with Gasteiger partial charge < -0.3 is 14.8 Å². The van der Waals surface area contributed by atoms with E-state index in [0.717, 1.165) is 28.8 Å². The first-order valence-corrected chi connectivity index (χ1v) is 8.27. The lowest BCUT2D eigenvalue weighted by Crippen LogP contribution is -2.30. The van der Waals surface area contributed by atoms with Gasteiger partial charge in [-0.3, -0.25) is 4.79 Å². The van der Waals surface area contributed by atoms with E-state index < -0.39 is 6.10 Å². The van der Waals surface area contributed by atoms with Crippen LogP contribution in [0, 0.1) is 13.8 Å². The minimum Gasteiger partial charge on any atom is -0.493 e. The third-order valence-corrected chi connectivity index (χ3v) is 3.93. The third kappa shape index (κ3) is 4.86. The average Bonchev–Trinajstić information content (AvgIpc) is 2.59. The van der Waals surface area contributed by atoms with Gasteiger partial charge in [0.05, 0.1) is 7.11 Å². The number of aryl methyl sites for hydroxylation is 2. The number of carbonyl (C=O) groups excluding carboxylic acids is 1. The summed E-state index contributed by atoms with van der Waals surface area (Å²) in [6.07, 6.45) is 1.92. The maximum Gasteiger partial charge on any atom is 0.265 e. The smallest absolute Gasteiger partial charge is 0.265 e. The van der Waals surface area contributed by atoms with Crippen molar-refractivity contribution in [3.63, 3.8) is 0 Å². The second kappa shape index (κ2) is 8.38. The lowest BCUT2D eigenvalue weighted by molar-refractivity contribution is -0.122.